The van der Waals surface area contributed by atoms with Gasteiger partial charge in [-0.15, -0.1) is 0 Å². The van der Waals surface area contributed by atoms with Crippen molar-refractivity contribution in [2.24, 2.45) is 0 Å². The van der Waals surface area contributed by atoms with Crippen molar-refractivity contribution in [3.8, 4) is 0 Å². The third kappa shape index (κ3) is 3.49. The Bertz CT molecular complexity index is 593. The highest BCUT2D eigenvalue weighted by Gasteiger charge is 2.16. The number of rotatable bonds is 6. The van der Waals surface area contributed by atoms with Gasteiger partial charge in [-0.1, -0.05) is 25.4 Å². The molecular weight excluding hydrogens is 280 g/mol. The highest BCUT2D eigenvalue weighted by molar-refractivity contribution is 6.31. The summed E-state index contributed by atoms with van der Waals surface area (Å²) in [6.45, 7) is 7.00. The highest BCUT2D eigenvalue weighted by Crippen LogP contribution is 2.20. The number of carbonyl (C=O) groups is 1. The average Bonchev–Trinajstić information content (AvgIpc) is 2.86. The summed E-state index contributed by atoms with van der Waals surface area (Å²) in [5.74, 6) is -0.591. The van der Waals surface area contributed by atoms with Gasteiger partial charge in [0.25, 0.3) is 0 Å². The van der Waals surface area contributed by atoms with Gasteiger partial charge in [0, 0.05) is 11.6 Å². The molecule has 6 heteroatoms. The van der Waals surface area contributed by atoms with Gasteiger partial charge in [0.2, 0.25) is 0 Å². The molecule has 1 aromatic carbocycles. The van der Waals surface area contributed by atoms with E-state index in [0.717, 1.165) is 13.1 Å². The molecule has 20 heavy (non-hydrogen) atoms. The van der Waals surface area contributed by atoms with Crippen molar-refractivity contribution in [3.63, 3.8) is 0 Å². The normalized spacial score (nSPS) is 11.2. The lowest BCUT2D eigenvalue weighted by Crippen LogP contribution is -2.27. The Labute approximate surface area is 122 Å². The molecule has 0 amide bonds. The van der Waals surface area contributed by atoms with E-state index in [4.69, 9.17) is 20.8 Å². The summed E-state index contributed by atoms with van der Waals surface area (Å²) in [5.41, 5.74) is 1.07. The van der Waals surface area contributed by atoms with E-state index < -0.39 is 5.97 Å². The van der Waals surface area contributed by atoms with E-state index in [1.54, 1.807) is 18.2 Å². The van der Waals surface area contributed by atoms with E-state index in [-0.39, 0.29) is 5.89 Å². The Balaban J connectivity index is 1.97. The monoisotopic (exact) mass is 296 g/mol. The summed E-state index contributed by atoms with van der Waals surface area (Å²) >= 11 is 5.85. The van der Waals surface area contributed by atoms with Gasteiger partial charge >= 0.3 is 11.9 Å². The molecule has 0 spiro atoms. The zero-order chi connectivity index (χ0) is 14.5. The maximum absolute atomic E-state index is 11.8. The highest BCUT2D eigenvalue weighted by atomic mass is 35.5. The van der Waals surface area contributed by atoms with Crippen molar-refractivity contribution in [1.29, 1.82) is 0 Å². The van der Waals surface area contributed by atoms with Crippen LogP contribution in [0.4, 0.5) is 0 Å². The number of hydrogen-bond acceptors (Lipinski definition) is 5. The lowest BCUT2D eigenvalue weighted by atomic mass is 10.3. The van der Waals surface area contributed by atoms with Crippen LogP contribution in [0.25, 0.3) is 11.1 Å². The van der Waals surface area contributed by atoms with E-state index in [1.165, 1.54) is 0 Å². The minimum atomic E-state index is -0.551. The summed E-state index contributed by atoms with van der Waals surface area (Å²) < 4.78 is 10.5. The second-order valence-electron chi connectivity index (χ2n) is 4.29. The van der Waals surface area contributed by atoms with Crippen LogP contribution >= 0.6 is 11.6 Å². The lowest BCUT2D eigenvalue weighted by molar-refractivity contribution is 0.0424. The Morgan fingerprint density at radius 1 is 1.40 bits per heavy atom. The van der Waals surface area contributed by atoms with Crippen LogP contribution in [0.3, 0.4) is 0 Å². The van der Waals surface area contributed by atoms with Gasteiger partial charge in [-0.25, -0.2) is 9.78 Å². The maximum atomic E-state index is 11.8. The number of fused-ring (bicyclic) bond motifs is 1. The van der Waals surface area contributed by atoms with Crippen LogP contribution in [-0.2, 0) is 4.74 Å². The summed E-state index contributed by atoms with van der Waals surface area (Å²) in [7, 11) is 0. The van der Waals surface area contributed by atoms with Crippen LogP contribution in [0.2, 0.25) is 5.02 Å². The predicted molar refractivity (Wildman–Crippen MR) is 77.1 cm³/mol. The third-order valence-electron chi connectivity index (χ3n) is 3.06. The van der Waals surface area contributed by atoms with E-state index >= 15 is 0 Å². The molecule has 1 heterocycles. The molecule has 0 unspecified atom stereocenters. The number of oxazole rings is 1. The van der Waals surface area contributed by atoms with Gasteiger partial charge in [0.15, 0.2) is 5.58 Å². The number of carbonyl (C=O) groups excluding carboxylic acids is 1. The first-order valence-electron chi connectivity index (χ1n) is 6.59. The fraction of sp³-hybridized carbons (Fsp3) is 0.429. The molecule has 0 aliphatic carbocycles. The molecule has 0 aliphatic rings. The van der Waals surface area contributed by atoms with Crippen molar-refractivity contribution in [2.45, 2.75) is 13.8 Å². The Morgan fingerprint density at radius 2 is 2.15 bits per heavy atom. The standard InChI is InChI=1S/C14H17ClN2O3/c1-3-17(4-2)7-8-19-14(18)13-16-11-9-10(15)5-6-12(11)20-13/h5-6,9H,3-4,7-8H2,1-2H3. The SMILES string of the molecule is CCN(CC)CCOC(=O)c1nc2cc(Cl)ccc2o1. The number of likely N-dealkylation sites (N-methyl/N-ethyl adjacent to an activating group) is 1. The van der Waals surface area contributed by atoms with E-state index in [2.05, 4.69) is 23.7 Å². The molecule has 2 aromatic rings. The molecule has 0 fully saturated rings. The number of halogens is 1. The summed E-state index contributed by atoms with van der Waals surface area (Å²) in [6, 6.07) is 5.01. The minimum absolute atomic E-state index is 0.0400. The molecule has 108 valence electrons. The van der Waals surface area contributed by atoms with Crippen LogP contribution in [0.5, 0.6) is 0 Å². The second-order valence-corrected chi connectivity index (χ2v) is 4.73. The van der Waals surface area contributed by atoms with Crippen LogP contribution in [0.1, 0.15) is 24.5 Å². The van der Waals surface area contributed by atoms with E-state index in [0.29, 0.717) is 29.3 Å². The molecule has 0 radical (unpaired) electrons. The van der Waals surface area contributed by atoms with Gasteiger partial charge in [0.1, 0.15) is 12.1 Å². The molecule has 2 rings (SSSR count). The number of hydrogen-bond donors (Lipinski definition) is 0. The summed E-state index contributed by atoms with van der Waals surface area (Å²) in [4.78, 5) is 18.1. The smallest absolute Gasteiger partial charge is 0.394 e. The second kappa shape index (κ2) is 6.72. The number of aromatic nitrogens is 1. The van der Waals surface area contributed by atoms with E-state index in [9.17, 15) is 4.79 Å². The largest absolute Gasteiger partial charge is 0.457 e. The molecule has 0 aliphatic heterocycles. The van der Waals surface area contributed by atoms with Gasteiger partial charge < -0.3 is 14.1 Å². The van der Waals surface area contributed by atoms with Gasteiger partial charge in [-0.3, -0.25) is 0 Å². The number of nitrogens with zero attached hydrogens (tertiary/aromatic N) is 2. The lowest BCUT2D eigenvalue weighted by Gasteiger charge is -2.16. The topological polar surface area (TPSA) is 55.6 Å². The van der Waals surface area contributed by atoms with E-state index in [1.807, 2.05) is 0 Å². The third-order valence-corrected chi connectivity index (χ3v) is 3.29. The van der Waals surface area contributed by atoms with Crippen molar-refractivity contribution in [3.05, 3.63) is 29.1 Å². The molecule has 5 nitrogen and oxygen atoms in total. The first-order chi connectivity index (χ1) is 9.63. The minimum Gasteiger partial charge on any atom is -0.457 e. The fourth-order valence-electron chi connectivity index (χ4n) is 1.86. The molecule has 0 bridgehead atoms. The fourth-order valence-corrected chi connectivity index (χ4v) is 2.02. The van der Waals surface area contributed by atoms with Crippen LogP contribution in [0, 0.1) is 0 Å². The summed E-state index contributed by atoms with van der Waals surface area (Å²) in [6.07, 6.45) is 0. The average molecular weight is 297 g/mol. The first kappa shape index (κ1) is 14.8. The Morgan fingerprint density at radius 3 is 2.85 bits per heavy atom. The Hall–Kier alpha value is -1.59. The van der Waals surface area contributed by atoms with Crippen LogP contribution in [-0.4, -0.2) is 42.1 Å². The molecule has 0 atom stereocenters. The van der Waals surface area contributed by atoms with Crippen molar-refractivity contribution in [2.75, 3.05) is 26.2 Å². The van der Waals surface area contributed by atoms with Crippen molar-refractivity contribution in [1.82, 2.24) is 9.88 Å². The van der Waals surface area contributed by atoms with Gasteiger partial charge in [-0.05, 0) is 31.3 Å². The van der Waals surface area contributed by atoms with Gasteiger partial charge in [-0.2, -0.15) is 0 Å². The van der Waals surface area contributed by atoms with Gasteiger partial charge in [0.05, 0.1) is 0 Å². The zero-order valence-corrected chi connectivity index (χ0v) is 12.3. The number of esters is 1. The zero-order valence-electron chi connectivity index (χ0n) is 11.6. The predicted octanol–water partition coefficient (Wildman–Crippen LogP) is 2.98. The van der Waals surface area contributed by atoms with Crippen LogP contribution < -0.4 is 0 Å². The molecule has 0 saturated carbocycles. The Kier molecular flexibility index (Phi) is 4.98. The van der Waals surface area contributed by atoms with Crippen molar-refractivity contribution < 1.29 is 13.9 Å². The molecule has 1 aromatic heterocycles. The summed E-state index contributed by atoms with van der Waals surface area (Å²) in [5, 5.41) is 0.548. The maximum Gasteiger partial charge on any atom is 0.394 e. The number of benzene rings is 1. The molecule has 0 saturated heterocycles. The quantitative estimate of drug-likeness (QED) is 0.767. The van der Waals surface area contributed by atoms with Crippen molar-refractivity contribution >= 4 is 28.7 Å². The first-order valence-corrected chi connectivity index (χ1v) is 6.97. The van der Waals surface area contributed by atoms with Crippen LogP contribution in [0.15, 0.2) is 22.6 Å². The molecular formula is C14H17ClN2O3. The number of ether oxygens (including phenoxy) is 1. The molecule has 0 N–H and O–H groups in total.